The third kappa shape index (κ3) is 4.81. The minimum Gasteiger partial charge on any atom is -0.320 e. The first-order chi connectivity index (χ1) is 13.5. The number of hydrogen-bond donors (Lipinski definition) is 2. The van der Waals surface area contributed by atoms with Crippen molar-refractivity contribution in [2.45, 2.75) is 5.16 Å². The van der Waals surface area contributed by atoms with E-state index in [1.54, 1.807) is 54.8 Å². The van der Waals surface area contributed by atoms with E-state index < -0.39 is 5.91 Å². The van der Waals surface area contributed by atoms with E-state index in [1.165, 1.54) is 18.0 Å². The molecule has 0 aliphatic carbocycles. The molecule has 3 rings (SSSR count). The molecule has 0 radical (unpaired) electrons. The zero-order chi connectivity index (χ0) is 20.1. The molecule has 0 aliphatic rings. The van der Waals surface area contributed by atoms with Crippen LogP contribution >= 0.6 is 35.0 Å². The number of amides is 2. The third-order valence-corrected chi connectivity index (χ3v) is 4.74. The van der Waals surface area contributed by atoms with Crippen molar-refractivity contribution >= 4 is 58.2 Å². The van der Waals surface area contributed by atoms with Crippen LogP contribution in [0.4, 0.5) is 11.4 Å². The normalized spacial score (nSPS) is 10.4. The summed E-state index contributed by atoms with van der Waals surface area (Å²) >= 11 is 13.2. The summed E-state index contributed by atoms with van der Waals surface area (Å²) in [5.41, 5.74) is 1.34. The average Bonchev–Trinajstić information content (AvgIpc) is 2.70. The Bertz CT molecular complexity index is 1030. The fourth-order valence-corrected chi connectivity index (χ4v) is 2.93. The zero-order valence-electron chi connectivity index (χ0n) is 14.6. The number of hydrogen-bond acceptors (Lipinski definition) is 5. The standard InChI is InChI=1S/C19H14Cl2N4O2S/c1-28-19-22-10-13(21)16(25-19)18(27)24-15-5-3-2-4-14(15)23-17(26)11-6-8-12(20)9-7-11/h2-10H,1H3,(H,23,26)(H,24,27). The molecule has 3 aromatic rings. The van der Waals surface area contributed by atoms with E-state index in [9.17, 15) is 9.59 Å². The molecule has 1 aromatic heterocycles. The lowest BCUT2D eigenvalue weighted by Crippen LogP contribution is -2.18. The van der Waals surface area contributed by atoms with Gasteiger partial charge in [-0.05, 0) is 42.7 Å². The molecule has 2 aromatic carbocycles. The van der Waals surface area contributed by atoms with Crippen LogP contribution in [-0.2, 0) is 0 Å². The van der Waals surface area contributed by atoms with E-state index in [2.05, 4.69) is 20.6 Å². The van der Waals surface area contributed by atoms with Gasteiger partial charge in [0.25, 0.3) is 11.8 Å². The van der Waals surface area contributed by atoms with Crippen molar-refractivity contribution in [3.63, 3.8) is 0 Å². The van der Waals surface area contributed by atoms with Gasteiger partial charge in [-0.25, -0.2) is 9.97 Å². The molecule has 6 nitrogen and oxygen atoms in total. The predicted octanol–water partition coefficient (Wildman–Crippen LogP) is 5.01. The van der Waals surface area contributed by atoms with Crippen LogP contribution in [0, 0.1) is 0 Å². The Balaban J connectivity index is 1.81. The molecule has 0 bridgehead atoms. The summed E-state index contributed by atoms with van der Waals surface area (Å²) in [5.74, 6) is -0.834. The van der Waals surface area contributed by atoms with Crippen LogP contribution in [0.2, 0.25) is 10.0 Å². The molecule has 0 spiro atoms. The number of rotatable bonds is 5. The molecular formula is C19H14Cl2N4O2S. The number of aromatic nitrogens is 2. The number of carbonyl (C=O) groups excluding carboxylic acids is 2. The van der Waals surface area contributed by atoms with Crippen LogP contribution in [0.5, 0.6) is 0 Å². The first kappa shape index (κ1) is 20.1. The lowest BCUT2D eigenvalue weighted by molar-refractivity contribution is 0.101. The maximum Gasteiger partial charge on any atom is 0.276 e. The number of thioether (sulfide) groups is 1. The van der Waals surface area contributed by atoms with Crippen LogP contribution in [0.3, 0.4) is 0 Å². The minimum absolute atomic E-state index is 0.0554. The molecule has 0 atom stereocenters. The maximum absolute atomic E-state index is 12.6. The third-order valence-electron chi connectivity index (χ3n) is 3.65. The van der Waals surface area contributed by atoms with Crippen LogP contribution < -0.4 is 10.6 Å². The SMILES string of the molecule is CSc1ncc(Cl)c(C(=O)Nc2ccccc2NC(=O)c2ccc(Cl)cc2)n1. The molecule has 0 aliphatic heterocycles. The van der Waals surface area contributed by atoms with Crippen LogP contribution in [0.15, 0.2) is 59.9 Å². The Hall–Kier alpha value is -2.61. The van der Waals surface area contributed by atoms with E-state index in [-0.39, 0.29) is 16.6 Å². The Morgan fingerprint density at radius 2 is 1.54 bits per heavy atom. The highest BCUT2D eigenvalue weighted by molar-refractivity contribution is 7.98. The van der Waals surface area contributed by atoms with Crippen molar-refractivity contribution in [1.82, 2.24) is 9.97 Å². The summed E-state index contributed by atoms with van der Waals surface area (Å²) < 4.78 is 0. The van der Waals surface area contributed by atoms with E-state index in [0.29, 0.717) is 27.1 Å². The molecule has 0 unspecified atom stereocenters. The summed E-state index contributed by atoms with van der Waals surface area (Å²) in [6.07, 6.45) is 3.18. The Labute approximate surface area is 175 Å². The predicted molar refractivity (Wildman–Crippen MR) is 113 cm³/mol. The number of para-hydroxylation sites is 2. The second-order valence-electron chi connectivity index (χ2n) is 5.51. The van der Waals surface area contributed by atoms with Crippen LogP contribution in [-0.4, -0.2) is 28.0 Å². The van der Waals surface area contributed by atoms with Gasteiger partial charge in [0.2, 0.25) is 0 Å². The first-order valence-corrected chi connectivity index (χ1v) is 10.00. The molecule has 142 valence electrons. The zero-order valence-corrected chi connectivity index (χ0v) is 16.9. The van der Waals surface area contributed by atoms with Crippen LogP contribution in [0.25, 0.3) is 0 Å². The molecule has 2 N–H and O–H groups in total. The van der Waals surface area contributed by atoms with Gasteiger partial charge in [0.1, 0.15) is 0 Å². The maximum atomic E-state index is 12.6. The van der Waals surface area contributed by atoms with Crippen molar-refractivity contribution in [2.24, 2.45) is 0 Å². The van der Waals surface area contributed by atoms with E-state index in [4.69, 9.17) is 23.2 Å². The van der Waals surface area contributed by atoms with Crippen molar-refractivity contribution in [1.29, 1.82) is 0 Å². The summed E-state index contributed by atoms with van der Waals surface area (Å²) in [6, 6.07) is 13.3. The number of nitrogens with one attached hydrogen (secondary N) is 2. The summed E-state index contributed by atoms with van der Waals surface area (Å²) in [7, 11) is 0. The van der Waals surface area contributed by atoms with E-state index in [0.717, 1.165) is 0 Å². The topological polar surface area (TPSA) is 84.0 Å². The Morgan fingerprint density at radius 3 is 2.14 bits per heavy atom. The number of benzene rings is 2. The van der Waals surface area contributed by atoms with Gasteiger partial charge < -0.3 is 10.6 Å². The highest BCUT2D eigenvalue weighted by Gasteiger charge is 2.16. The molecule has 9 heteroatoms. The molecule has 0 fully saturated rings. The van der Waals surface area contributed by atoms with Gasteiger partial charge >= 0.3 is 0 Å². The van der Waals surface area contributed by atoms with Gasteiger partial charge in [-0.3, -0.25) is 9.59 Å². The second kappa shape index (κ2) is 9.05. The van der Waals surface area contributed by atoms with Crippen LogP contribution in [0.1, 0.15) is 20.8 Å². The van der Waals surface area contributed by atoms with E-state index >= 15 is 0 Å². The fraction of sp³-hybridized carbons (Fsp3) is 0.0526. The quantitative estimate of drug-likeness (QED) is 0.437. The fourth-order valence-electron chi connectivity index (χ4n) is 2.29. The number of carbonyl (C=O) groups is 2. The largest absolute Gasteiger partial charge is 0.320 e. The molecule has 0 saturated heterocycles. The smallest absolute Gasteiger partial charge is 0.276 e. The Morgan fingerprint density at radius 1 is 0.929 bits per heavy atom. The minimum atomic E-state index is -0.504. The van der Waals surface area contributed by atoms with Gasteiger partial charge in [-0.15, -0.1) is 0 Å². The summed E-state index contributed by atoms with van der Waals surface area (Å²) in [6.45, 7) is 0. The molecule has 2 amide bonds. The number of anilines is 2. The van der Waals surface area contributed by atoms with Gasteiger partial charge in [0.05, 0.1) is 22.6 Å². The van der Waals surface area contributed by atoms with E-state index in [1.807, 2.05) is 0 Å². The average molecular weight is 433 g/mol. The van der Waals surface area contributed by atoms with Crippen molar-refractivity contribution in [2.75, 3.05) is 16.9 Å². The van der Waals surface area contributed by atoms with Gasteiger partial charge in [-0.1, -0.05) is 47.1 Å². The Kier molecular flexibility index (Phi) is 6.51. The molecule has 1 heterocycles. The molecule has 0 saturated carbocycles. The lowest BCUT2D eigenvalue weighted by Gasteiger charge is -2.13. The first-order valence-electron chi connectivity index (χ1n) is 8.01. The summed E-state index contributed by atoms with van der Waals surface area (Å²) in [5, 5.41) is 6.60. The van der Waals surface area contributed by atoms with Crippen molar-refractivity contribution in [3.8, 4) is 0 Å². The molecular weight excluding hydrogens is 419 g/mol. The van der Waals surface area contributed by atoms with Gasteiger partial charge in [0, 0.05) is 10.6 Å². The second-order valence-corrected chi connectivity index (χ2v) is 7.13. The van der Waals surface area contributed by atoms with Crippen molar-refractivity contribution < 1.29 is 9.59 Å². The lowest BCUT2D eigenvalue weighted by atomic mass is 10.2. The van der Waals surface area contributed by atoms with Crippen molar-refractivity contribution in [3.05, 3.63) is 76.0 Å². The summed E-state index contributed by atoms with van der Waals surface area (Å²) in [4.78, 5) is 33.2. The molecule has 28 heavy (non-hydrogen) atoms. The van der Waals surface area contributed by atoms with Gasteiger partial charge in [0.15, 0.2) is 10.9 Å². The monoisotopic (exact) mass is 432 g/mol. The highest BCUT2D eigenvalue weighted by Crippen LogP contribution is 2.24. The highest BCUT2D eigenvalue weighted by atomic mass is 35.5. The number of halogens is 2. The van der Waals surface area contributed by atoms with Gasteiger partial charge in [-0.2, -0.15) is 0 Å². The number of nitrogens with zero attached hydrogens (tertiary/aromatic N) is 2.